The van der Waals surface area contributed by atoms with E-state index in [1.54, 1.807) is 13.0 Å². The van der Waals surface area contributed by atoms with Gasteiger partial charge >= 0.3 is 5.97 Å². The summed E-state index contributed by atoms with van der Waals surface area (Å²) >= 11 is 0. The molecule has 0 aromatic heterocycles. The van der Waals surface area contributed by atoms with E-state index < -0.39 is 6.10 Å². The first-order valence-electron chi connectivity index (χ1n) is 4.66. The summed E-state index contributed by atoms with van der Waals surface area (Å²) in [5, 5.41) is 9.50. The average Bonchev–Trinajstić information content (AvgIpc) is 2.84. The van der Waals surface area contributed by atoms with Crippen LogP contribution in [0, 0.1) is 11.8 Å². The van der Waals surface area contributed by atoms with Gasteiger partial charge in [0.1, 0.15) is 0 Å². The van der Waals surface area contributed by atoms with Gasteiger partial charge in [-0.25, -0.2) is 0 Å². The molecule has 3 heteroatoms. The van der Waals surface area contributed by atoms with Crippen LogP contribution in [0.25, 0.3) is 0 Å². The number of rotatable bonds is 5. The van der Waals surface area contributed by atoms with Crippen molar-refractivity contribution in [3.05, 3.63) is 12.7 Å². The number of carbonyl (C=O) groups excluding carboxylic acids is 1. The zero-order chi connectivity index (χ0) is 9.84. The molecule has 3 nitrogen and oxygen atoms in total. The molecule has 1 aliphatic carbocycles. The fraction of sp³-hybridized carbons (Fsp3) is 0.700. The van der Waals surface area contributed by atoms with Crippen molar-refractivity contribution < 1.29 is 14.6 Å². The van der Waals surface area contributed by atoms with Gasteiger partial charge in [-0.1, -0.05) is 6.08 Å². The Morgan fingerprint density at radius 3 is 3.08 bits per heavy atom. The van der Waals surface area contributed by atoms with Crippen molar-refractivity contribution in [2.24, 2.45) is 11.8 Å². The quantitative estimate of drug-likeness (QED) is 0.514. The summed E-state index contributed by atoms with van der Waals surface area (Å²) in [7, 11) is 0. The van der Waals surface area contributed by atoms with Crippen LogP contribution in [0.2, 0.25) is 0 Å². The number of aliphatic hydroxyl groups excluding tert-OH is 1. The van der Waals surface area contributed by atoms with E-state index in [0.29, 0.717) is 13.0 Å². The molecule has 0 aromatic rings. The SMILES string of the molecule is C=CCC(O)[C@H]1C[C@@H]1C(=O)OCC. The summed E-state index contributed by atoms with van der Waals surface area (Å²) in [6, 6.07) is 0. The van der Waals surface area contributed by atoms with E-state index >= 15 is 0 Å². The largest absolute Gasteiger partial charge is 0.466 e. The zero-order valence-corrected chi connectivity index (χ0v) is 7.90. The molecule has 1 rings (SSSR count). The minimum absolute atomic E-state index is 0.0742. The first kappa shape index (κ1) is 10.3. The Labute approximate surface area is 78.4 Å². The molecule has 0 bridgehead atoms. The Balaban J connectivity index is 2.28. The lowest BCUT2D eigenvalue weighted by Gasteiger charge is -2.06. The van der Waals surface area contributed by atoms with Crippen molar-refractivity contribution in [3.8, 4) is 0 Å². The Bertz CT molecular complexity index is 200. The van der Waals surface area contributed by atoms with Crippen molar-refractivity contribution >= 4 is 5.97 Å². The van der Waals surface area contributed by atoms with Crippen LogP contribution in [0.3, 0.4) is 0 Å². The molecule has 0 heterocycles. The van der Waals surface area contributed by atoms with Gasteiger partial charge in [-0.15, -0.1) is 6.58 Å². The summed E-state index contributed by atoms with van der Waals surface area (Å²) in [5.41, 5.74) is 0. The van der Waals surface area contributed by atoms with E-state index in [1.165, 1.54) is 0 Å². The first-order chi connectivity index (χ1) is 6.20. The topological polar surface area (TPSA) is 46.5 Å². The van der Waals surface area contributed by atoms with E-state index in [9.17, 15) is 9.90 Å². The highest BCUT2D eigenvalue weighted by molar-refractivity contribution is 5.75. The lowest BCUT2D eigenvalue weighted by molar-refractivity contribution is -0.145. The molecule has 1 fully saturated rings. The number of ether oxygens (including phenoxy) is 1. The van der Waals surface area contributed by atoms with Gasteiger partial charge < -0.3 is 9.84 Å². The van der Waals surface area contributed by atoms with Crippen LogP contribution < -0.4 is 0 Å². The van der Waals surface area contributed by atoms with Crippen LogP contribution in [0.1, 0.15) is 19.8 Å². The molecule has 0 radical (unpaired) electrons. The monoisotopic (exact) mass is 184 g/mol. The third kappa shape index (κ3) is 2.56. The third-order valence-corrected chi connectivity index (χ3v) is 2.33. The molecule has 13 heavy (non-hydrogen) atoms. The second-order valence-electron chi connectivity index (χ2n) is 3.35. The molecule has 0 saturated heterocycles. The summed E-state index contributed by atoms with van der Waals surface area (Å²) in [6.45, 7) is 5.74. The fourth-order valence-electron chi connectivity index (χ4n) is 1.51. The standard InChI is InChI=1S/C10H16O3/c1-3-5-9(11)7-6-8(7)10(12)13-4-2/h3,7-9,11H,1,4-6H2,2H3/t7-,8-,9?/m0/s1. The molecule has 1 N–H and O–H groups in total. The Hall–Kier alpha value is -0.830. The van der Waals surface area contributed by atoms with Gasteiger partial charge in [-0.2, -0.15) is 0 Å². The van der Waals surface area contributed by atoms with E-state index in [1.807, 2.05) is 0 Å². The summed E-state index contributed by atoms with van der Waals surface area (Å²) < 4.78 is 4.85. The van der Waals surface area contributed by atoms with Crippen LogP contribution in [-0.2, 0) is 9.53 Å². The van der Waals surface area contributed by atoms with E-state index in [2.05, 4.69) is 6.58 Å². The molecule has 0 aromatic carbocycles. The molecule has 74 valence electrons. The number of esters is 1. The van der Waals surface area contributed by atoms with Crippen molar-refractivity contribution in [1.29, 1.82) is 0 Å². The van der Waals surface area contributed by atoms with E-state index in [4.69, 9.17) is 4.74 Å². The lowest BCUT2D eigenvalue weighted by atomic mass is 10.1. The minimum Gasteiger partial charge on any atom is -0.466 e. The molecule has 0 spiro atoms. The van der Waals surface area contributed by atoms with E-state index in [0.717, 1.165) is 6.42 Å². The molecule has 1 unspecified atom stereocenters. The lowest BCUT2D eigenvalue weighted by Crippen LogP contribution is -2.14. The van der Waals surface area contributed by atoms with Crippen LogP contribution >= 0.6 is 0 Å². The van der Waals surface area contributed by atoms with Gasteiger partial charge in [0.15, 0.2) is 0 Å². The maximum absolute atomic E-state index is 11.2. The highest BCUT2D eigenvalue weighted by Gasteiger charge is 2.47. The molecule has 0 aliphatic heterocycles. The summed E-state index contributed by atoms with van der Waals surface area (Å²) in [4.78, 5) is 11.2. The minimum atomic E-state index is -0.424. The highest BCUT2D eigenvalue weighted by atomic mass is 16.5. The number of carbonyl (C=O) groups is 1. The van der Waals surface area contributed by atoms with Gasteiger partial charge in [-0.3, -0.25) is 4.79 Å². The van der Waals surface area contributed by atoms with Gasteiger partial charge in [0, 0.05) is 0 Å². The Morgan fingerprint density at radius 1 is 1.85 bits per heavy atom. The molecular formula is C10H16O3. The van der Waals surface area contributed by atoms with Crippen molar-refractivity contribution in [1.82, 2.24) is 0 Å². The fourth-order valence-corrected chi connectivity index (χ4v) is 1.51. The van der Waals surface area contributed by atoms with Crippen LogP contribution in [0.4, 0.5) is 0 Å². The Kier molecular flexibility index (Phi) is 3.48. The average molecular weight is 184 g/mol. The second-order valence-corrected chi connectivity index (χ2v) is 3.35. The maximum Gasteiger partial charge on any atom is 0.309 e. The molecule has 1 saturated carbocycles. The first-order valence-corrected chi connectivity index (χ1v) is 4.66. The second kappa shape index (κ2) is 4.42. The Morgan fingerprint density at radius 2 is 2.54 bits per heavy atom. The van der Waals surface area contributed by atoms with Gasteiger partial charge in [-0.05, 0) is 25.7 Å². The summed E-state index contributed by atoms with van der Waals surface area (Å²) in [5.74, 6) is -0.150. The highest BCUT2D eigenvalue weighted by Crippen LogP contribution is 2.43. The zero-order valence-electron chi connectivity index (χ0n) is 7.90. The van der Waals surface area contributed by atoms with Crippen molar-refractivity contribution in [2.75, 3.05) is 6.61 Å². The molecular weight excluding hydrogens is 168 g/mol. The van der Waals surface area contributed by atoms with Gasteiger partial charge in [0.25, 0.3) is 0 Å². The van der Waals surface area contributed by atoms with Gasteiger partial charge in [0.2, 0.25) is 0 Å². The van der Waals surface area contributed by atoms with E-state index in [-0.39, 0.29) is 17.8 Å². The predicted molar refractivity (Wildman–Crippen MR) is 49.1 cm³/mol. The van der Waals surface area contributed by atoms with Crippen molar-refractivity contribution in [2.45, 2.75) is 25.9 Å². The summed E-state index contributed by atoms with van der Waals surface area (Å²) in [6.07, 6.45) is 2.56. The normalized spacial score (nSPS) is 27.8. The third-order valence-electron chi connectivity index (χ3n) is 2.33. The number of aliphatic hydroxyl groups is 1. The number of hydrogen-bond acceptors (Lipinski definition) is 3. The van der Waals surface area contributed by atoms with Crippen LogP contribution in [-0.4, -0.2) is 23.8 Å². The van der Waals surface area contributed by atoms with Gasteiger partial charge in [0.05, 0.1) is 18.6 Å². The predicted octanol–water partition coefficient (Wildman–Crippen LogP) is 1.12. The maximum atomic E-state index is 11.2. The number of hydrogen-bond donors (Lipinski definition) is 1. The molecule has 3 atom stereocenters. The van der Waals surface area contributed by atoms with Crippen LogP contribution in [0.5, 0.6) is 0 Å². The van der Waals surface area contributed by atoms with Crippen LogP contribution in [0.15, 0.2) is 12.7 Å². The molecule has 1 aliphatic rings. The molecule has 0 amide bonds. The smallest absolute Gasteiger partial charge is 0.309 e. The van der Waals surface area contributed by atoms with Crippen molar-refractivity contribution in [3.63, 3.8) is 0 Å².